The molecule has 2 atom stereocenters. The van der Waals surface area contributed by atoms with Crippen molar-refractivity contribution in [3.05, 3.63) is 48.8 Å². The quantitative estimate of drug-likeness (QED) is 0.330. The van der Waals surface area contributed by atoms with Crippen LogP contribution in [0, 0.1) is 0 Å². The monoisotopic (exact) mass is 414 g/mol. The molecule has 0 fully saturated rings. The molecule has 2 rings (SSSR count). The van der Waals surface area contributed by atoms with Crippen LogP contribution in [0.25, 0.3) is 11.1 Å². The van der Waals surface area contributed by atoms with E-state index in [9.17, 15) is 23.8 Å². The van der Waals surface area contributed by atoms with Gasteiger partial charge in [0.05, 0.1) is 6.61 Å². The van der Waals surface area contributed by atoms with Gasteiger partial charge in [0.2, 0.25) is 7.37 Å². The summed E-state index contributed by atoms with van der Waals surface area (Å²) in [6.45, 7) is 3.45. The zero-order valence-corrected chi connectivity index (χ0v) is 17.2. The number of rotatable bonds is 9. The Kier molecular flexibility index (Phi) is 7.38. The highest BCUT2D eigenvalue weighted by atomic mass is 31.2. The molecular weight excluding hydrogens is 388 g/mol. The summed E-state index contributed by atoms with van der Waals surface area (Å²) in [5, 5.41) is -1.64. The van der Waals surface area contributed by atoms with E-state index in [0.29, 0.717) is 6.61 Å². The number of benzene rings is 1. The molecule has 0 aliphatic rings. The minimum absolute atomic E-state index is 0.255. The molecule has 9 heteroatoms. The van der Waals surface area contributed by atoms with E-state index in [1.165, 1.54) is 4.57 Å². The van der Waals surface area contributed by atoms with Crippen LogP contribution in [0.15, 0.2) is 48.8 Å². The molecule has 2 aromatic rings. The average Bonchev–Trinajstić information content (AvgIpc) is 2.58. The van der Waals surface area contributed by atoms with Crippen molar-refractivity contribution in [3.63, 3.8) is 0 Å². The number of pyridine rings is 1. The predicted molar refractivity (Wildman–Crippen MR) is 104 cm³/mol. The number of ether oxygens (including phenoxy) is 1. The Morgan fingerprint density at radius 1 is 1.11 bits per heavy atom. The van der Waals surface area contributed by atoms with Crippen molar-refractivity contribution in [1.29, 1.82) is 0 Å². The van der Waals surface area contributed by atoms with Crippen LogP contribution in [0.1, 0.15) is 19.8 Å². The molecule has 0 bridgehead atoms. The molecule has 27 heavy (non-hydrogen) atoms. The molecule has 0 saturated heterocycles. The first kappa shape index (κ1) is 21.8. The summed E-state index contributed by atoms with van der Waals surface area (Å²) in [4.78, 5) is 28.6. The topological polar surface area (TPSA) is 108 Å². The fraction of sp³-hybridized carbons (Fsp3) is 0.389. The molecule has 0 radical (unpaired) electrons. The van der Waals surface area contributed by atoms with Gasteiger partial charge in [-0.3, -0.25) is 9.13 Å². The van der Waals surface area contributed by atoms with Gasteiger partial charge in [0, 0.05) is 18.3 Å². The molecular formula is C18H26NO6P2+. The average molecular weight is 414 g/mol. The predicted octanol–water partition coefficient (Wildman–Crippen LogP) is 3.22. The van der Waals surface area contributed by atoms with Crippen molar-refractivity contribution in [3.8, 4) is 16.9 Å². The highest BCUT2D eigenvalue weighted by Gasteiger charge is 2.43. The molecule has 0 aliphatic carbocycles. The van der Waals surface area contributed by atoms with E-state index < -0.39 is 20.4 Å². The van der Waals surface area contributed by atoms with Crippen molar-refractivity contribution < 1.29 is 33.1 Å². The minimum Gasteiger partial charge on any atom is -0.494 e. The first-order chi connectivity index (χ1) is 12.6. The Hall–Kier alpha value is -1.49. The molecule has 148 valence electrons. The van der Waals surface area contributed by atoms with Gasteiger partial charge < -0.3 is 19.4 Å². The summed E-state index contributed by atoms with van der Waals surface area (Å²) in [6.07, 6.45) is 5.33. The second-order valence-electron chi connectivity index (χ2n) is 6.53. The van der Waals surface area contributed by atoms with E-state index in [0.717, 1.165) is 36.4 Å². The number of nitrogens with zero attached hydrogens (tertiary/aromatic N) is 1. The molecule has 1 heterocycles. The van der Waals surface area contributed by atoms with Crippen LogP contribution in [0.2, 0.25) is 0 Å². The van der Waals surface area contributed by atoms with E-state index in [-0.39, 0.29) is 6.54 Å². The standard InChI is InChI=1S/C18H25NO6P2/c1-3-4-11-25-17-9-5-7-15(12-17)16-8-6-10-19(13-16)14-18(26(2,20)21)27(22,23)24/h5-10,12-13,18H,3-4,11,14H2,1-2H3,(H2-,20,21,22,23,24)/p+1. The lowest BCUT2D eigenvalue weighted by Crippen LogP contribution is -2.39. The Balaban J connectivity index is 2.26. The van der Waals surface area contributed by atoms with E-state index in [1.54, 1.807) is 18.5 Å². The molecule has 0 saturated carbocycles. The lowest BCUT2D eigenvalue weighted by molar-refractivity contribution is -0.694. The largest absolute Gasteiger partial charge is 0.494 e. The molecule has 0 aliphatic heterocycles. The van der Waals surface area contributed by atoms with Crippen LogP contribution in [0.3, 0.4) is 0 Å². The van der Waals surface area contributed by atoms with Crippen molar-refractivity contribution in [2.75, 3.05) is 13.3 Å². The fourth-order valence-corrected chi connectivity index (χ4v) is 5.76. The normalized spacial score (nSPS) is 15.1. The maximum absolute atomic E-state index is 11.9. The van der Waals surface area contributed by atoms with Gasteiger partial charge in [-0.25, -0.2) is 4.57 Å². The van der Waals surface area contributed by atoms with Crippen molar-refractivity contribution in [1.82, 2.24) is 0 Å². The molecule has 7 nitrogen and oxygen atoms in total. The van der Waals surface area contributed by atoms with Gasteiger partial charge in [-0.2, -0.15) is 0 Å². The van der Waals surface area contributed by atoms with Crippen LogP contribution >= 0.6 is 15.0 Å². The molecule has 3 N–H and O–H groups in total. The van der Waals surface area contributed by atoms with Gasteiger partial charge in [0.15, 0.2) is 24.3 Å². The van der Waals surface area contributed by atoms with Crippen LogP contribution < -0.4 is 9.30 Å². The first-order valence-corrected chi connectivity index (χ1v) is 12.5. The Bertz CT molecular complexity index is 838. The summed E-state index contributed by atoms with van der Waals surface area (Å²) in [6, 6.07) is 11.1. The Morgan fingerprint density at radius 3 is 2.44 bits per heavy atom. The van der Waals surface area contributed by atoms with Crippen molar-refractivity contribution >= 4 is 15.0 Å². The third-order valence-corrected chi connectivity index (χ3v) is 8.50. The zero-order chi connectivity index (χ0) is 20.1. The highest BCUT2D eigenvalue weighted by molar-refractivity contribution is 7.73. The lowest BCUT2D eigenvalue weighted by atomic mass is 10.1. The van der Waals surface area contributed by atoms with Crippen molar-refractivity contribution in [2.45, 2.75) is 31.7 Å². The first-order valence-electron chi connectivity index (χ1n) is 8.68. The van der Waals surface area contributed by atoms with Crippen LogP contribution in [-0.2, 0) is 15.7 Å². The number of hydrogen-bond donors (Lipinski definition) is 3. The summed E-state index contributed by atoms with van der Waals surface area (Å²) >= 11 is 0. The van der Waals surface area contributed by atoms with E-state index in [1.807, 2.05) is 30.3 Å². The van der Waals surface area contributed by atoms with E-state index >= 15 is 0 Å². The van der Waals surface area contributed by atoms with E-state index in [2.05, 4.69) is 6.92 Å². The summed E-state index contributed by atoms with van der Waals surface area (Å²) in [5.74, 6) is 0.748. The molecule has 2 unspecified atom stereocenters. The SMILES string of the molecule is CCCCOc1cccc(-c2ccc[n+](CC(P(C)(=O)O)P(=O)(O)O)c2)c1. The second kappa shape index (κ2) is 9.13. The molecule has 1 aromatic carbocycles. The second-order valence-corrected chi connectivity index (χ2v) is 11.3. The lowest BCUT2D eigenvalue weighted by Gasteiger charge is -2.18. The van der Waals surface area contributed by atoms with Gasteiger partial charge in [0.25, 0.3) is 0 Å². The van der Waals surface area contributed by atoms with Gasteiger partial charge in [-0.15, -0.1) is 0 Å². The molecule has 0 amide bonds. The maximum Gasteiger partial charge on any atom is 0.344 e. The third-order valence-electron chi connectivity index (χ3n) is 4.11. The van der Waals surface area contributed by atoms with Crippen LogP contribution in [0.5, 0.6) is 5.75 Å². The Labute approximate surface area is 159 Å². The van der Waals surface area contributed by atoms with Gasteiger partial charge >= 0.3 is 7.60 Å². The molecule has 1 aromatic heterocycles. The third kappa shape index (κ3) is 6.56. The summed E-state index contributed by atoms with van der Waals surface area (Å²) < 4.78 is 30.8. The number of hydrogen-bond acceptors (Lipinski definition) is 3. The highest BCUT2D eigenvalue weighted by Crippen LogP contribution is 2.60. The van der Waals surface area contributed by atoms with Gasteiger partial charge in [-0.1, -0.05) is 25.5 Å². The summed E-state index contributed by atoms with van der Waals surface area (Å²) in [7, 11) is -8.70. The number of aromatic nitrogens is 1. The van der Waals surface area contributed by atoms with Gasteiger partial charge in [0.1, 0.15) is 5.75 Å². The zero-order valence-electron chi connectivity index (χ0n) is 15.4. The fourth-order valence-electron chi connectivity index (χ4n) is 2.63. The smallest absolute Gasteiger partial charge is 0.344 e. The van der Waals surface area contributed by atoms with Crippen LogP contribution in [-0.4, -0.2) is 33.4 Å². The van der Waals surface area contributed by atoms with Crippen LogP contribution in [0.4, 0.5) is 0 Å². The minimum atomic E-state index is -4.73. The summed E-state index contributed by atoms with van der Waals surface area (Å²) in [5.41, 5.74) is 1.70. The number of unbranched alkanes of at least 4 members (excludes halogenated alkanes) is 1. The Morgan fingerprint density at radius 2 is 1.81 bits per heavy atom. The maximum atomic E-state index is 11.9. The van der Waals surface area contributed by atoms with E-state index in [4.69, 9.17) is 4.74 Å². The molecule has 0 spiro atoms. The van der Waals surface area contributed by atoms with Crippen molar-refractivity contribution in [2.24, 2.45) is 0 Å². The van der Waals surface area contributed by atoms with Gasteiger partial charge in [-0.05, 0) is 30.2 Å².